The molecular weight excluding hydrogens is 318 g/mol. The van der Waals surface area contributed by atoms with Crippen LogP contribution in [0, 0.1) is 0 Å². The topological polar surface area (TPSA) is 54.0 Å². The maximum absolute atomic E-state index is 11.5. The highest BCUT2D eigenvalue weighted by atomic mass is 35.5. The molecule has 2 aromatic rings. The fraction of sp³-hybridized carbons (Fsp3) is 0.375. The summed E-state index contributed by atoms with van der Waals surface area (Å²) < 4.78 is 0. The lowest BCUT2D eigenvalue weighted by Crippen LogP contribution is -2.24. The number of thiazole rings is 1. The number of halogens is 1. The number of nitrogens with zero attached hydrogens (tertiary/aromatic N) is 1. The van der Waals surface area contributed by atoms with Crippen LogP contribution >= 0.6 is 23.7 Å². The number of aryl methyl sites for hydroxylation is 2. The summed E-state index contributed by atoms with van der Waals surface area (Å²) in [6, 6.07) is 6.61. The van der Waals surface area contributed by atoms with E-state index < -0.39 is 0 Å². The van der Waals surface area contributed by atoms with Crippen molar-refractivity contribution in [2.75, 3.05) is 18.9 Å². The van der Waals surface area contributed by atoms with E-state index in [2.05, 4.69) is 33.8 Å². The summed E-state index contributed by atoms with van der Waals surface area (Å²) in [6.07, 6.45) is 4.93. The molecule has 0 atom stereocenters. The first-order valence-corrected chi connectivity index (χ1v) is 8.16. The number of anilines is 1. The Morgan fingerprint density at radius 2 is 2.05 bits per heavy atom. The van der Waals surface area contributed by atoms with Crippen LogP contribution in [0.2, 0.25) is 0 Å². The fourth-order valence-electron chi connectivity index (χ4n) is 2.68. The first-order chi connectivity index (χ1) is 10.3. The van der Waals surface area contributed by atoms with E-state index in [1.807, 2.05) is 5.38 Å². The predicted octanol–water partition coefficient (Wildman–Crippen LogP) is 3.27. The molecule has 0 bridgehead atoms. The summed E-state index contributed by atoms with van der Waals surface area (Å²) in [6.45, 7) is 0.299. The quantitative estimate of drug-likeness (QED) is 0.900. The summed E-state index contributed by atoms with van der Waals surface area (Å²) >= 11 is 1.47. The Hall–Kier alpha value is -1.43. The van der Waals surface area contributed by atoms with Crippen molar-refractivity contribution in [3.8, 4) is 11.3 Å². The molecule has 1 heterocycles. The van der Waals surface area contributed by atoms with Gasteiger partial charge in [-0.25, -0.2) is 4.98 Å². The number of hydrogen-bond acceptors (Lipinski definition) is 4. The predicted molar refractivity (Wildman–Crippen MR) is 94.0 cm³/mol. The van der Waals surface area contributed by atoms with Crippen LogP contribution in [-0.4, -0.2) is 24.5 Å². The number of benzene rings is 1. The number of carbonyl (C=O) groups excluding carboxylic acids is 1. The molecule has 22 heavy (non-hydrogen) atoms. The molecule has 4 nitrogen and oxygen atoms in total. The van der Waals surface area contributed by atoms with Crippen molar-refractivity contribution >= 4 is 34.8 Å². The van der Waals surface area contributed by atoms with Crippen molar-refractivity contribution in [1.82, 2.24) is 10.3 Å². The van der Waals surface area contributed by atoms with E-state index in [-0.39, 0.29) is 18.3 Å². The standard InChI is InChI=1S/C16H19N3OS.ClH/c1-17-9-15(20)19-16-18-14(10-21-16)13-7-6-11-4-2-3-5-12(11)8-13;/h6-8,10,17H,2-5,9H2,1H3,(H,18,19,20);1H. The number of amides is 1. The van der Waals surface area contributed by atoms with E-state index in [0.29, 0.717) is 11.7 Å². The molecule has 1 aliphatic carbocycles. The van der Waals surface area contributed by atoms with E-state index in [0.717, 1.165) is 11.3 Å². The molecule has 0 saturated heterocycles. The third kappa shape index (κ3) is 3.85. The highest BCUT2D eigenvalue weighted by Crippen LogP contribution is 2.29. The molecule has 1 amide bonds. The van der Waals surface area contributed by atoms with Crippen LogP contribution in [-0.2, 0) is 17.6 Å². The molecule has 1 aromatic heterocycles. The van der Waals surface area contributed by atoms with E-state index in [9.17, 15) is 4.79 Å². The fourth-order valence-corrected chi connectivity index (χ4v) is 3.42. The lowest BCUT2D eigenvalue weighted by Gasteiger charge is -2.16. The third-order valence-corrected chi connectivity index (χ3v) is 4.49. The van der Waals surface area contributed by atoms with E-state index in [1.54, 1.807) is 7.05 Å². The lowest BCUT2D eigenvalue weighted by molar-refractivity contribution is -0.115. The number of nitrogens with one attached hydrogen (secondary N) is 2. The van der Waals surface area contributed by atoms with Crippen LogP contribution < -0.4 is 10.6 Å². The monoisotopic (exact) mass is 337 g/mol. The Labute approximate surface area is 140 Å². The second-order valence-corrected chi connectivity index (χ2v) is 6.17. The van der Waals surface area contributed by atoms with Crippen LogP contribution in [0.5, 0.6) is 0 Å². The van der Waals surface area contributed by atoms with Gasteiger partial charge in [-0.05, 0) is 49.9 Å². The van der Waals surface area contributed by atoms with E-state index in [1.165, 1.54) is 48.1 Å². The maximum Gasteiger partial charge on any atom is 0.240 e. The van der Waals surface area contributed by atoms with Gasteiger partial charge in [0.25, 0.3) is 0 Å². The van der Waals surface area contributed by atoms with Gasteiger partial charge in [0.15, 0.2) is 5.13 Å². The largest absolute Gasteiger partial charge is 0.311 e. The van der Waals surface area contributed by atoms with Gasteiger partial charge in [-0.2, -0.15) is 0 Å². The zero-order chi connectivity index (χ0) is 14.7. The molecular formula is C16H20ClN3OS. The van der Waals surface area contributed by atoms with Crippen LogP contribution in [0.25, 0.3) is 11.3 Å². The molecule has 0 fully saturated rings. The molecule has 1 aromatic carbocycles. The first kappa shape index (κ1) is 16.9. The summed E-state index contributed by atoms with van der Waals surface area (Å²) in [7, 11) is 1.75. The van der Waals surface area contributed by atoms with Crippen molar-refractivity contribution in [2.24, 2.45) is 0 Å². The summed E-state index contributed by atoms with van der Waals surface area (Å²) in [5.74, 6) is -0.0659. The average Bonchev–Trinajstić information content (AvgIpc) is 2.95. The molecule has 0 radical (unpaired) electrons. The Kier molecular flexibility index (Phi) is 5.94. The summed E-state index contributed by atoms with van der Waals surface area (Å²) in [5, 5.41) is 8.28. The number of aromatic nitrogens is 1. The van der Waals surface area contributed by atoms with Gasteiger partial charge >= 0.3 is 0 Å². The molecule has 0 unspecified atom stereocenters. The van der Waals surface area contributed by atoms with Gasteiger partial charge in [0, 0.05) is 10.9 Å². The maximum atomic E-state index is 11.5. The molecule has 0 spiro atoms. The second kappa shape index (κ2) is 7.72. The lowest BCUT2D eigenvalue weighted by atomic mass is 9.90. The van der Waals surface area contributed by atoms with Gasteiger partial charge in [0.2, 0.25) is 5.91 Å². The molecule has 118 valence electrons. The SMILES string of the molecule is CNCC(=O)Nc1nc(-c2ccc3c(c2)CCCC3)cs1.Cl. The third-order valence-electron chi connectivity index (χ3n) is 3.73. The number of fused-ring (bicyclic) bond motifs is 1. The number of rotatable bonds is 4. The van der Waals surface area contributed by atoms with Gasteiger partial charge in [-0.1, -0.05) is 12.1 Å². The summed E-state index contributed by atoms with van der Waals surface area (Å²) in [4.78, 5) is 16.1. The van der Waals surface area contributed by atoms with Gasteiger partial charge in [0.1, 0.15) is 0 Å². The van der Waals surface area contributed by atoms with Crippen LogP contribution in [0.4, 0.5) is 5.13 Å². The van der Waals surface area contributed by atoms with Crippen molar-refractivity contribution in [3.63, 3.8) is 0 Å². The Morgan fingerprint density at radius 3 is 2.82 bits per heavy atom. The smallest absolute Gasteiger partial charge is 0.240 e. The Morgan fingerprint density at radius 1 is 1.27 bits per heavy atom. The Balaban J connectivity index is 0.00000176. The van der Waals surface area contributed by atoms with E-state index >= 15 is 0 Å². The van der Waals surface area contributed by atoms with Gasteiger partial charge in [0.05, 0.1) is 12.2 Å². The first-order valence-electron chi connectivity index (χ1n) is 7.28. The minimum atomic E-state index is -0.0659. The summed E-state index contributed by atoms with van der Waals surface area (Å²) in [5.41, 5.74) is 5.00. The van der Waals surface area contributed by atoms with Gasteiger partial charge in [-0.3, -0.25) is 4.79 Å². The zero-order valence-electron chi connectivity index (χ0n) is 12.5. The van der Waals surface area contributed by atoms with Crippen LogP contribution in [0.3, 0.4) is 0 Å². The van der Waals surface area contributed by atoms with Crippen molar-refractivity contribution in [1.29, 1.82) is 0 Å². The van der Waals surface area contributed by atoms with Crippen LogP contribution in [0.15, 0.2) is 23.6 Å². The molecule has 2 N–H and O–H groups in total. The van der Waals surface area contributed by atoms with Crippen molar-refractivity contribution in [2.45, 2.75) is 25.7 Å². The van der Waals surface area contributed by atoms with Gasteiger partial charge < -0.3 is 10.6 Å². The number of likely N-dealkylation sites (N-methyl/N-ethyl adjacent to an activating group) is 1. The van der Waals surface area contributed by atoms with Gasteiger partial charge in [-0.15, -0.1) is 23.7 Å². The molecule has 0 saturated carbocycles. The number of hydrogen-bond donors (Lipinski definition) is 2. The Bertz CT molecular complexity index is 657. The molecule has 1 aliphatic rings. The van der Waals surface area contributed by atoms with Crippen molar-refractivity contribution in [3.05, 3.63) is 34.7 Å². The molecule has 3 rings (SSSR count). The zero-order valence-corrected chi connectivity index (χ0v) is 14.1. The highest BCUT2D eigenvalue weighted by molar-refractivity contribution is 7.14. The van der Waals surface area contributed by atoms with Crippen molar-refractivity contribution < 1.29 is 4.79 Å². The molecule has 0 aliphatic heterocycles. The normalized spacial score (nSPS) is 13.1. The molecule has 6 heteroatoms. The highest BCUT2D eigenvalue weighted by Gasteiger charge is 2.12. The minimum Gasteiger partial charge on any atom is -0.311 e. The van der Waals surface area contributed by atoms with E-state index in [4.69, 9.17) is 0 Å². The minimum absolute atomic E-state index is 0. The number of carbonyl (C=O) groups is 1. The second-order valence-electron chi connectivity index (χ2n) is 5.31. The average molecular weight is 338 g/mol. The van der Waals surface area contributed by atoms with Crippen LogP contribution in [0.1, 0.15) is 24.0 Å².